The second-order valence-electron chi connectivity index (χ2n) is 2.70. The van der Waals surface area contributed by atoms with Crippen LogP contribution in [-0.2, 0) is 19.2 Å². The zero-order valence-electron chi connectivity index (χ0n) is 9.11. The van der Waals surface area contributed by atoms with Gasteiger partial charge < -0.3 is 22.0 Å². The summed E-state index contributed by atoms with van der Waals surface area (Å²) in [5.41, 5.74) is 5.61. The fourth-order valence-corrected chi connectivity index (χ4v) is 1.55. The van der Waals surface area contributed by atoms with Crippen molar-refractivity contribution in [2.45, 2.75) is 0 Å². The number of H-pyrrole nitrogens is 1. The monoisotopic (exact) mass is 313 g/mol. The van der Waals surface area contributed by atoms with Crippen molar-refractivity contribution in [3.05, 3.63) is 11.1 Å². The van der Waals surface area contributed by atoms with E-state index in [0.29, 0.717) is 10.8 Å². The molecule has 10 heteroatoms. The molecule has 0 saturated heterocycles. The number of rotatable bonds is 5. The molecule has 0 aliphatic heterocycles. The summed E-state index contributed by atoms with van der Waals surface area (Å²) < 4.78 is 4.33. The first-order chi connectivity index (χ1) is 8.04. The average Bonchev–Trinajstić information content (AvgIpc) is 2.70. The topological polar surface area (TPSA) is 105 Å². The number of nitrogen functional groups attached to an aromatic ring is 1. The Morgan fingerprint density at radius 1 is 1.61 bits per heavy atom. The number of aromatic nitrogens is 1. The summed E-state index contributed by atoms with van der Waals surface area (Å²) in [5.74, 6) is -0.621. The van der Waals surface area contributed by atoms with Crippen molar-refractivity contribution in [1.82, 2.24) is 0 Å². The molecule has 3 N–H and O–H groups in total. The van der Waals surface area contributed by atoms with Crippen LogP contribution in [0.1, 0.15) is 5.69 Å². The molecule has 1 aromatic rings. The van der Waals surface area contributed by atoms with Crippen LogP contribution >= 0.6 is 22.9 Å². The van der Waals surface area contributed by atoms with Gasteiger partial charge in [-0.05, 0) is 11.6 Å². The molecule has 100 valence electrons. The van der Waals surface area contributed by atoms with Crippen LogP contribution < -0.4 is 23.1 Å². The highest BCUT2D eigenvalue weighted by Crippen LogP contribution is 2.08. The van der Waals surface area contributed by atoms with Gasteiger partial charge in [0.15, 0.2) is 5.69 Å². The van der Waals surface area contributed by atoms with Crippen LogP contribution in [0.2, 0.25) is 0 Å². The highest BCUT2D eigenvalue weighted by atomic mass is 35.5. The average molecular weight is 314 g/mol. The first-order valence-corrected chi connectivity index (χ1v) is 5.53. The third-order valence-corrected chi connectivity index (χ3v) is 2.46. The molecule has 0 saturated carbocycles. The summed E-state index contributed by atoms with van der Waals surface area (Å²) in [6, 6.07) is 0. The minimum Gasteiger partial charge on any atom is -1.00 e. The molecular formula is C8H9Cl2N3O4S. The number of nitrogens with two attached hydrogens (primary N) is 1. The normalized spacial score (nSPS) is 10.4. The molecule has 0 aromatic carbocycles. The third-order valence-electron chi connectivity index (χ3n) is 1.57. The Hall–Kier alpha value is -1.38. The highest BCUT2D eigenvalue weighted by molar-refractivity contribution is 7.13. The highest BCUT2D eigenvalue weighted by Gasteiger charge is 2.19. The van der Waals surface area contributed by atoms with Gasteiger partial charge in [0, 0.05) is 5.38 Å². The van der Waals surface area contributed by atoms with E-state index < -0.39 is 17.8 Å². The zero-order valence-corrected chi connectivity index (χ0v) is 11.4. The molecule has 1 rings (SSSR count). The molecule has 18 heavy (non-hydrogen) atoms. The number of anilines is 1. The van der Waals surface area contributed by atoms with Crippen LogP contribution in [0.3, 0.4) is 0 Å². The van der Waals surface area contributed by atoms with E-state index in [-0.39, 0.29) is 18.1 Å². The number of hydrogen-bond donors (Lipinski definition) is 1. The van der Waals surface area contributed by atoms with Gasteiger partial charge in [-0.2, -0.15) is 0 Å². The van der Waals surface area contributed by atoms with Gasteiger partial charge in [0.1, 0.15) is 0 Å². The lowest BCUT2D eigenvalue weighted by atomic mass is 10.3. The number of nitrogens with one attached hydrogen (secondary N) is 1. The maximum absolute atomic E-state index is 11.1. The van der Waals surface area contributed by atoms with Gasteiger partial charge in [0.05, 0.1) is 7.11 Å². The molecule has 7 nitrogen and oxygen atoms in total. The molecule has 0 atom stereocenters. The van der Waals surface area contributed by atoms with Crippen LogP contribution in [-0.4, -0.2) is 30.6 Å². The fraction of sp³-hybridized carbons (Fsp3) is 0.250. The standard InChI is InChI=1S/C8H8ClN3O4S.ClH/c1-15-5(13)2-16-12-6(7(9)14)4-3-17-8(10)11-4;/h3H,2H2,1H3,(H2,10,11);1H/b12-6-;. The number of aromatic amines is 1. The van der Waals surface area contributed by atoms with E-state index in [9.17, 15) is 9.59 Å². The number of carbonyl (C=O) groups is 2. The smallest absolute Gasteiger partial charge is 0.346 e. The quantitative estimate of drug-likeness (QED) is 0.267. The molecule has 0 radical (unpaired) electrons. The van der Waals surface area contributed by atoms with E-state index in [0.717, 1.165) is 0 Å². The number of thiazole rings is 1. The van der Waals surface area contributed by atoms with Gasteiger partial charge in [0.25, 0.3) is 5.24 Å². The van der Waals surface area contributed by atoms with Gasteiger partial charge in [-0.25, -0.2) is 9.78 Å². The number of carbonyl (C=O) groups excluding carboxylic acids is 2. The first kappa shape index (κ1) is 16.6. The largest absolute Gasteiger partial charge is 1.00 e. The maximum Gasteiger partial charge on any atom is 0.346 e. The molecular weight excluding hydrogens is 305 g/mol. The Balaban J connectivity index is 0.00000289. The summed E-state index contributed by atoms with van der Waals surface area (Å²) in [7, 11) is 1.20. The maximum atomic E-state index is 11.1. The Morgan fingerprint density at radius 2 is 2.28 bits per heavy atom. The van der Waals surface area contributed by atoms with Gasteiger partial charge in [-0.15, -0.1) is 0 Å². The Labute approximate surface area is 117 Å². The second-order valence-corrected chi connectivity index (χ2v) is 3.96. The lowest BCUT2D eigenvalue weighted by Crippen LogP contribution is -3.00. The number of methoxy groups -OCH3 is 1. The summed E-state index contributed by atoms with van der Waals surface area (Å²) in [6.45, 7) is -0.413. The number of esters is 1. The van der Waals surface area contributed by atoms with Crippen LogP contribution in [0.15, 0.2) is 10.5 Å². The van der Waals surface area contributed by atoms with E-state index in [1.54, 1.807) is 5.38 Å². The molecule has 0 aliphatic carbocycles. The van der Waals surface area contributed by atoms with Gasteiger partial charge >= 0.3 is 11.1 Å². The third kappa shape index (κ3) is 4.86. The molecule has 0 amide bonds. The van der Waals surface area contributed by atoms with Crippen molar-refractivity contribution in [3.63, 3.8) is 0 Å². The van der Waals surface area contributed by atoms with E-state index in [1.165, 1.54) is 18.4 Å². The van der Waals surface area contributed by atoms with Crippen molar-refractivity contribution in [2.24, 2.45) is 5.16 Å². The lowest BCUT2D eigenvalue weighted by molar-refractivity contribution is -0.356. The van der Waals surface area contributed by atoms with E-state index in [1.807, 2.05) is 0 Å². The number of hydrogen-bond acceptors (Lipinski definition) is 7. The lowest BCUT2D eigenvalue weighted by Gasteiger charge is -1.98. The number of halogens is 2. The first-order valence-electron chi connectivity index (χ1n) is 4.28. The SMILES string of the molecule is COC(=O)CO/N=C(\C(=O)Cl)c1csc(N)[nH+]1.[Cl-]. The van der Waals surface area contributed by atoms with E-state index >= 15 is 0 Å². The molecule has 0 spiro atoms. The Bertz CT molecular complexity index is 463. The van der Waals surface area contributed by atoms with Crippen LogP contribution in [0.5, 0.6) is 0 Å². The summed E-state index contributed by atoms with van der Waals surface area (Å²) in [5, 5.41) is 4.56. The molecule has 0 aliphatic rings. The number of nitrogens with zero attached hydrogens (tertiary/aromatic N) is 1. The van der Waals surface area contributed by atoms with Crippen LogP contribution in [0, 0.1) is 0 Å². The Kier molecular flexibility index (Phi) is 7.25. The Morgan fingerprint density at radius 3 is 2.72 bits per heavy atom. The molecule has 1 heterocycles. The number of oxime groups is 1. The van der Waals surface area contributed by atoms with E-state index in [4.69, 9.17) is 17.3 Å². The van der Waals surface area contributed by atoms with E-state index in [2.05, 4.69) is 19.7 Å². The predicted molar refractivity (Wildman–Crippen MR) is 60.7 cm³/mol. The zero-order chi connectivity index (χ0) is 12.8. The fourth-order valence-electron chi connectivity index (χ4n) is 0.828. The predicted octanol–water partition coefficient (Wildman–Crippen LogP) is -3.19. The van der Waals surface area contributed by atoms with Crippen molar-refractivity contribution in [2.75, 3.05) is 19.5 Å². The van der Waals surface area contributed by atoms with Crippen LogP contribution in [0.25, 0.3) is 0 Å². The molecule has 0 fully saturated rings. The van der Waals surface area contributed by atoms with Crippen molar-refractivity contribution < 1.29 is 36.6 Å². The van der Waals surface area contributed by atoms with Gasteiger partial charge in [0.2, 0.25) is 12.3 Å². The minimum absolute atomic E-state index is 0. The summed E-state index contributed by atoms with van der Waals surface area (Å²) >= 11 is 6.49. The summed E-state index contributed by atoms with van der Waals surface area (Å²) in [6.07, 6.45) is 0. The molecule has 1 aromatic heterocycles. The second kappa shape index (κ2) is 7.85. The minimum atomic E-state index is -0.830. The molecule has 0 unspecified atom stereocenters. The van der Waals surface area contributed by atoms with Crippen LogP contribution in [0.4, 0.5) is 5.13 Å². The van der Waals surface area contributed by atoms with Crippen molar-refractivity contribution >= 4 is 45.0 Å². The van der Waals surface area contributed by atoms with Gasteiger partial charge in [-0.1, -0.05) is 16.5 Å². The van der Waals surface area contributed by atoms with Crippen molar-refractivity contribution in [3.8, 4) is 0 Å². The number of ether oxygens (including phenoxy) is 1. The van der Waals surface area contributed by atoms with Crippen molar-refractivity contribution in [1.29, 1.82) is 0 Å². The summed E-state index contributed by atoms with van der Waals surface area (Å²) in [4.78, 5) is 29.1. The van der Waals surface area contributed by atoms with Gasteiger partial charge in [-0.3, -0.25) is 10.5 Å². The molecule has 0 bridgehead atoms.